The van der Waals surface area contributed by atoms with E-state index in [1.165, 1.54) is 25.2 Å². The first-order valence-electron chi connectivity index (χ1n) is 21.4. The molecule has 342 valence electrons. The van der Waals surface area contributed by atoms with Gasteiger partial charge in [0, 0.05) is 50.0 Å². The third-order valence-electron chi connectivity index (χ3n) is 11.4. The van der Waals surface area contributed by atoms with Crippen molar-refractivity contribution in [1.82, 2.24) is 15.5 Å². The number of nitrogens with two attached hydrogens (primary N) is 1. The van der Waals surface area contributed by atoms with Gasteiger partial charge >= 0.3 is 0 Å². The number of amides is 4. The molecule has 1 saturated heterocycles. The van der Waals surface area contributed by atoms with Crippen LogP contribution in [-0.2, 0) is 48.1 Å². The number of nitrogens with one attached hydrogen (secondary N) is 2. The molecule has 61 heavy (non-hydrogen) atoms. The van der Waals surface area contributed by atoms with E-state index >= 15 is 0 Å². The van der Waals surface area contributed by atoms with E-state index in [0.717, 1.165) is 25.5 Å². The molecule has 17 heteroatoms. The van der Waals surface area contributed by atoms with Crippen molar-refractivity contribution in [1.29, 1.82) is 0 Å². The van der Waals surface area contributed by atoms with Crippen LogP contribution in [-0.4, -0.2) is 111 Å². The fourth-order valence-electron chi connectivity index (χ4n) is 8.42. The lowest BCUT2D eigenvalue weighted by atomic mass is 9.82. The number of benzene rings is 1. The number of hydrogen-bond acceptors (Lipinski definition) is 12. The van der Waals surface area contributed by atoms with Crippen molar-refractivity contribution in [2.24, 2.45) is 29.4 Å². The van der Waals surface area contributed by atoms with Gasteiger partial charge in [-0.25, -0.2) is 8.42 Å². The van der Waals surface area contributed by atoms with Gasteiger partial charge in [-0.1, -0.05) is 58.6 Å². The second kappa shape index (κ2) is 22.6. The Kier molecular flexibility index (Phi) is 18.9. The Morgan fingerprint density at radius 2 is 1.61 bits per heavy atom. The summed E-state index contributed by atoms with van der Waals surface area (Å²) in [7, 11) is -0.752. The Labute approximate surface area is 361 Å². The Morgan fingerprint density at radius 1 is 0.951 bits per heavy atom. The van der Waals surface area contributed by atoms with E-state index in [1.807, 2.05) is 27.7 Å². The van der Waals surface area contributed by atoms with Crippen LogP contribution in [0.2, 0.25) is 0 Å². The van der Waals surface area contributed by atoms with E-state index in [4.69, 9.17) is 19.9 Å². The van der Waals surface area contributed by atoms with Crippen molar-refractivity contribution >= 4 is 50.8 Å². The molecule has 2 aliphatic rings. The molecule has 16 nitrogen and oxygen atoms in total. The lowest BCUT2D eigenvalue weighted by Gasteiger charge is -2.36. The van der Waals surface area contributed by atoms with E-state index in [1.54, 1.807) is 26.0 Å². The average molecular weight is 877 g/mol. The predicted molar refractivity (Wildman–Crippen MR) is 228 cm³/mol. The molecule has 0 bridgehead atoms. The van der Waals surface area contributed by atoms with Crippen LogP contribution < -0.4 is 25.8 Å². The molecule has 3 rings (SSSR count). The Bertz CT molecular complexity index is 1850. The molecular weight excluding hydrogens is 809 g/mol. The molecule has 4 amide bonds. The topological polar surface area (TPSA) is 235 Å². The molecule has 2 fully saturated rings. The first-order chi connectivity index (χ1) is 28.5. The highest BCUT2D eigenvalue weighted by molar-refractivity contribution is 7.90. The Morgan fingerprint density at radius 3 is 2.15 bits per heavy atom. The van der Waals surface area contributed by atoms with Gasteiger partial charge in [0.1, 0.15) is 21.9 Å². The zero-order chi connectivity index (χ0) is 45.8. The second-order valence-corrected chi connectivity index (χ2v) is 20.0. The second-order valence-electron chi connectivity index (χ2n) is 17.9. The normalized spacial score (nSPS) is 19.3. The summed E-state index contributed by atoms with van der Waals surface area (Å²) in [6.07, 6.45) is 4.03. The number of sulfone groups is 1. The van der Waals surface area contributed by atoms with Gasteiger partial charge in [-0.2, -0.15) is 0 Å². The van der Waals surface area contributed by atoms with Crippen molar-refractivity contribution in [3.63, 3.8) is 0 Å². The summed E-state index contributed by atoms with van der Waals surface area (Å²) < 4.78 is 41.5. The SMILES string of the molecule is CCCC(CC(=O)[C@@H]1C[C@@H](OC(C)(C)C)CN1C(=O)[C@@H](NC(=O)[C@@H](CS(C)(=O)=O)C(C)C)C1CCCCC1)C(=O)C(=O)CCC(=O)NC(C(N)=O)c1cccc(OC)c1OC. The molecule has 1 aromatic carbocycles. The molecule has 2 unspecified atom stereocenters. The van der Waals surface area contributed by atoms with Crippen LogP contribution in [0.25, 0.3) is 0 Å². The molecule has 0 spiro atoms. The summed E-state index contributed by atoms with van der Waals surface area (Å²) >= 11 is 0. The van der Waals surface area contributed by atoms with E-state index in [-0.39, 0.29) is 54.7 Å². The number of para-hydroxylation sites is 1. The van der Waals surface area contributed by atoms with Crippen LogP contribution >= 0.6 is 0 Å². The van der Waals surface area contributed by atoms with Crippen molar-refractivity contribution in [3.05, 3.63) is 23.8 Å². The maximum atomic E-state index is 14.7. The van der Waals surface area contributed by atoms with Gasteiger partial charge in [-0.3, -0.25) is 33.6 Å². The quantitative estimate of drug-likeness (QED) is 0.133. The van der Waals surface area contributed by atoms with E-state index in [2.05, 4.69) is 10.6 Å². The van der Waals surface area contributed by atoms with Crippen LogP contribution in [0.4, 0.5) is 0 Å². The van der Waals surface area contributed by atoms with E-state index in [0.29, 0.717) is 25.0 Å². The van der Waals surface area contributed by atoms with Gasteiger partial charge in [0.05, 0.1) is 43.6 Å². The van der Waals surface area contributed by atoms with Gasteiger partial charge in [-0.15, -0.1) is 0 Å². The summed E-state index contributed by atoms with van der Waals surface area (Å²) in [4.78, 5) is 96.8. The average Bonchev–Trinajstić information content (AvgIpc) is 3.61. The lowest BCUT2D eigenvalue weighted by Crippen LogP contribution is -2.56. The zero-order valence-electron chi connectivity index (χ0n) is 37.4. The third-order valence-corrected chi connectivity index (χ3v) is 12.4. The van der Waals surface area contributed by atoms with Crippen LogP contribution in [0.3, 0.4) is 0 Å². The Balaban J connectivity index is 1.83. The fraction of sp³-hybridized carbons (Fsp3) is 0.705. The lowest BCUT2D eigenvalue weighted by molar-refractivity contribution is -0.144. The molecule has 1 saturated carbocycles. The van der Waals surface area contributed by atoms with Crippen LogP contribution in [0.15, 0.2) is 18.2 Å². The monoisotopic (exact) mass is 876 g/mol. The first kappa shape index (κ1) is 51.0. The van der Waals surface area contributed by atoms with E-state index in [9.17, 15) is 42.0 Å². The van der Waals surface area contributed by atoms with Gasteiger partial charge in [-0.05, 0) is 57.9 Å². The number of rotatable bonds is 23. The standard InChI is InChI=1S/C44H68N4O12S/c1-10-15-28(39(52)33(49)20-21-36(51)46-38(41(45)53)30-18-14-19-35(58-7)40(30)59-8)22-34(50)32-23-29(60-44(4,5)6)24-48(32)43(55)37(27-16-12-11-13-17-27)47-42(54)31(26(2)3)25-61(9,56)57/h14,18-19,26-29,31-32,37-38H,10-13,15-17,20-25H2,1-9H3,(H2,45,53)(H,46,51)(H,47,54)/t28?,29-,31+,32+,37+,38?/m1/s1. The van der Waals surface area contributed by atoms with Crippen LogP contribution in [0.5, 0.6) is 11.5 Å². The molecule has 6 atom stereocenters. The maximum absolute atomic E-state index is 14.7. The summed E-state index contributed by atoms with van der Waals surface area (Å²) in [5.74, 6) is -7.13. The number of carbonyl (C=O) groups excluding carboxylic acids is 7. The Hall–Kier alpha value is -4.38. The van der Waals surface area contributed by atoms with Crippen molar-refractivity contribution in [2.75, 3.05) is 32.8 Å². The maximum Gasteiger partial charge on any atom is 0.246 e. The number of ketones is 3. The molecule has 4 N–H and O–H groups in total. The number of methoxy groups -OCH3 is 2. The van der Waals surface area contributed by atoms with Gasteiger partial charge in [0.25, 0.3) is 0 Å². The smallest absolute Gasteiger partial charge is 0.246 e. The number of Topliss-reactive ketones (excluding diaryl/α,β-unsaturated/α-hetero) is 3. The highest BCUT2D eigenvalue weighted by Crippen LogP contribution is 2.35. The third kappa shape index (κ3) is 14.9. The summed E-state index contributed by atoms with van der Waals surface area (Å²) in [5.41, 5.74) is 5.23. The summed E-state index contributed by atoms with van der Waals surface area (Å²) in [5, 5.41) is 5.44. The van der Waals surface area contributed by atoms with Crippen molar-refractivity contribution in [3.8, 4) is 11.5 Å². The fourth-order valence-corrected chi connectivity index (χ4v) is 9.61. The predicted octanol–water partition coefficient (Wildman–Crippen LogP) is 3.81. The number of ether oxygens (including phenoxy) is 3. The van der Waals surface area contributed by atoms with Crippen molar-refractivity contribution in [2.45, 2.75) is 142 Å². The van der Waals surface area contributed by atoms with E-state index < -0.39 is 105 Å². The minimum Gasteiger partial charge on any atom is -0.493 e. The molecule has 1 aliphatic heterocycles. The van der Waals surface area contributed by atoms with Crippen LogP contribution in [0, 0.1) is 23.7 Å². The van der Waals surface area contributed by atoms with Crippen molar-refractivity contribution < 1.29 is 56.2 Å². The molecule has 1 heterocycles. The largest absolute Gasteiger partial charge is 0.493 e. The molecule has 1 aliphatic carbocycles. The molecule has 0 radical (unpaired) electrons. The van der Waals surface area contributed by atoms with Gasteiger partial charge in [0.15, 0.2) is 23.1 Å². The number of primary amides is 1. The summed E-state index contributed by atoms with van der Waals surface area (Å²) in [6.45, 7) is 11.0. The zero-order valence-corrected chi connectivity index (χ0v) is 38.2. The van der Waals surface area contributed by atoms with Gasteiger partial charge in [0.2, 0.25) is 29.4 Å². The first-order valence-corrected chi connectivity index (χ1v) is 23.4. The minimum atomic E-state index is -3.53. The molecular formula is C44H68N4O12S. The highest BCUT2D eigenvalue weighted by Gasteiger charge is 2.46. The van der Waals surface area contributed by atoms with Gasteiger partial charge < -0.3 is 35.5 Å². The number of nitrogens with zero attached hydrogens (tertiary/aromatic N) is 1. The molecule has 1 aromatic rings. The minimum absolute atomic E-state index is 0.0525. The number of hydrogen-bond donors (Lipinski definition) is 3. The molecule has 0 aromatic heterocycles. The number of carbonyl (C=O) groups is 7. The summed E-state index contributed by atoms with van der Waals surface area (Å²) in [6, 6.07) is 1.36. The number of likely N-dealkylation sites (tertiary alicyclic amines) is 1. The highest BCUT2D eigenvalue weighted by atomic mass is 32.2. The van der Waals surface area contributed by atoms with Crippen LogP contribution in [0.1, 0.15) is 124 Å².